The molecule has 0 radical (unpaired) electrons. The number of hydrogen-bond donors (Lipinski definition) is 1. The van der Waals surface area contributed by atoms with Gasteiger partial charge in [0.15, 0.2) is 11.6 Å². The fraction of sp³-hybridized carbons (Fsp3) is 0.133. The summed E-state index contributed by atoms with van der Waals surface area (Å²) in [6, 6.07) is 5.47. The Bertz CT molecular complexity index is 902. The van der Waals surface area contributed by atoms with Gasteiger partial charge in [0.25, 0.3) is 11.7 Å². The van der Waals surface area contributed by atoms with Crippen LogP contribution in [0.1, 0.15) is 16.1 Å². The van der Waals surface area contributed by atoms with E-state index in [-0.39, 0.29) is 10.9 Å². The van der Waals surface area contributed by atoms with Gasteiger partial charge in [0.2, 0.25) is 0 Å². The van der Waals surface area contributed by atoms with Gasteiger partial charge in [0.05, 0.1) is 15.3 Å². The smallest absolute Gasteiger partial charge is 0.289 e. The third kappa shape index (κ3) is 2.84. The summed E-state index contributed by atoms with van der Waals surface area (Å²) in [7, 11) is 0. The molecule has 1 aromatic carbocycles. The summed E-state index contributed by atoms with van der Waals surface area (Å²) in [4.78, 5) is 12.6. The fourth-order valence-electron chi connectivity index (χ4n) is 2.34. The number of benzene rings is 1. The average molecular weight is 357 g/mol. The Labute approximate surface area is 137 Å². The van der Waals surface area contributed by atoms with Crippen LogP contribution in [0.15, 0.2) is 33.9 Å². The first kappa shape index (κ1) is 15.9. The van der Waals surface area contributed by atoms with E-state index in [1.165, 1.54) is 34.2 Å². The number of rotatable bonds is 3. The van der Waals surface area contributed by atoms with E-state index >= 15 is 0 Å². The summed E-state index contributed by atoms with van der Waals surface area (Å²) in [5, 5.41) is 11.0. The zero-order chi connectivity index (χ0) is 16.7. The molecule has 0 aliphatic rings. The molecule has 0 atom stereocenters. The number of halogens is 3. The molecular weight excluding hydrogens is 347 g/mol. The first-order valence-corrected chi connectivity index (χ1v) is 8.22. The maximum atomic E-state index is 13.9. The first-order chi connectivity index (χ1) is 10.9. The zero-order valence-corrected chi connectivity index (χ0v) is 13.4. The topological polar surface area (TPSA) is 42.2 Å². The minimum absolute atomic E-state index is 0.133. The number of fused-ring (bicyclic) bond motifs is 1. The summed E-state index contributed by atoms with van der Waals surface area (Å²) < 4.78 is 40.3. The first-order valence-electron chi connectivity index (χ1n) is 6.46. The summed E-state index contributed by atoms with van der Waals surface area (Å²) in [6.45, 7) is 1.63. The number of hydrogen-bond acceptors (Lipinski definition) is 4. The van der Waals surface area contributed by atoms with Crippen LogP contribution in [0.2, 0.25) is 0 Å². The van der Waals surface area contributed by atoms with Gasteiger partial charge in [0, 0.05) is 16.5 Å². The van der Waals surface area contributed by atoms with Gasteiger partial charge in [0.1, 0.15) is 0 Å². The SMILES string of the molecule is Cc1cc2c(F)c(O)ccc2n1C(=O)c1csc(SC(F)F)c1. The lowest BCUT2D eigenvalue weighted by atomic mass is 10.2. The van der Waals surface area contributed by atoms with E-state index in [0.717, 1.165) is 11.3 Å². The maximum Gasteiger partial charge on any atom is 0.289 e. The van der Waals surface area contributed by atoms with Crippen molar-refractivity contribution in [2.24, 2.45) is 0 Å². The Balaban J connectivity index is 2.06. The predicted octanol–water partition coefficient (Wildman–Crippen LogP) is 4.86. The van der Waals surface area contributed by atoms with E-state index < -0.39 is 23.2 Å². The number of nitrogens with zero attached hydrogens (tertiary/aromatic N) is 1. The number of thioether (sulfide) groups is 1. The molecule has 1 N–H and O–H groups in total. The molecule has 0 unspecified atom stereocenters. The lowest BCUT2D eigenvalue weighted by molar-refractivity contribution is 0.0963. The van der Waals surface area contributed by atoms with Crippen LogP contribution < -0.4 is 0 Å². The number of phenols is 1. The van der Waals surface area contributed by atoms with Gasteiger partial charge >= 0.3 is 0 Å². The highest BCUT2D eigenvalue weighted by atomic mass is 32.2. The second-order valence-electron chi connectivity index (χ2n) is 4.79. The summed E-state index contributed by atoms with van der Waals surface area (Å²) in [5.41, 5.74) is 1.06. The maximum absolute atomic E-state index is 13.9. The van der Waals surface area contributed by atoms with Crippen molar-refractivity contribution in [2.45, 2.75) is 16.9 Å². The number of carbonyl (C=O) groups excluding carboxylic acids is 1. The molecule has 0 bridgehead atoms. The van der Waals surface area contributed by atoms with Crippen LogP contribution in [0.4, 0.5) is 13.2 Å². The van der Waals surface area contributed by atoms with Crippen LogP contribution in [-0.2, 0) is 0 Å². The highest BCUT2D eigenvalue weighted by molar-refractivity contribution is 8.01. The predicted molar refractivity (Wildman–Crippen MR) is 84.2 cm³/mol. The van der Waals surface area contributed by atoms with Crippen molar-refractivity contribution in [3.8, 4) is 5.75 Å². The normalized spacial score (nSPS) is 11.5. The summed E-state index contributed by atoms with van der Waals surface area (Å²) in [6.07, 6.45) is 0. The van der Waals surface area contributed by atoms with Gasteiger partial charge in [-0.25, -0.2) is 4.39 Å². The molecule has 3 aromatic rings. The molecule has 8 heteroatoms. The van der Waals surface area contributed by atoms with Crippen LogP contribution in [0, 0.1) is 12.7 Å². The van der Waals surface area contributed by atoms with Gasteiger partial charge in [-0.15, -0.1) is 11.3 Å². The Morgan fingerprint density at radius 3 is 2.78 bits per heavy atom. The van der Waals surface area contributed by atoms with Crippen molar-refractivity contribution in [2.75, 3.05) is 0 Å². The lowest BCUT2D eigenvalue weighted by Crippen LogP contribution is -2.12. The number of aryl methyl sites for hydroxylation is 1. The van der Waals surface area contributed by atoms with Gasteiger partial charge in [-0.1, -0.05) is 0 Å². The molecule has 0 saturated carbocycles. The van der Waals surface area contributed by atoms with Gasteiger partial charge in [-0.05, 0) is 43.0 Å². The van der Waals surface area contributed by atoms with Crippen molar-refractivity contribution >= 4 is 39.9 Å². The molecule has 0 aliphatic carbocycles. The second kappa shape index (κ2) is 5.93. The highest BCUT2D eigenvalue weighted by Crippen LogP contribution is 2.33. The largest absolute Gasteiger partial charge is 0.505 e. The van der Waals surface area contributed by atoms with E-state index in [0.29, 0.717) is 27.2 Å². The van der Waals surface area contributed by atoms with Crippen molar-refractivity contribution in [1.82, 2.24) is 4.57 Å². The van der Waals surface area contributed by atoms with Crippen LogP contribution >= 0.6 is 23.1 Å². The van der Waals surface area contributed by atoms with Gasteiger partial charge in [-0.3, -0.25) is 9.36 Å². The van der Waals surface area contributed by atoms with Crippen LogP contribution in [0.5, 0.6) is 5.75 Å². The minimum Gasteiger partial charge on any atom is -0.505 e. The van der Waals surface area contributed by atoms with E-state index in [2.05, 4.69) is 0 Å². The van der Waals surface area contributed by atoms with Crippen molar-refractivity contribution in [3.63, 3.8) is 0 Å². The number of aromatic hydroxyl groups is 1. The van der Waals surface area contributed by atoms with E-state index in [9.17, 15) is 23.1 Å². The molecule has 0 saturated heterocycles. The number of aromatic nitrogens is 1. The fourth-order valence-corrected chi connectivity index (χ4v) is 3.91. The molecule has 3 nitrogen and oxygen atoms in total. The molecule has 2 aromatic heterocycles. The van der Waals surface area contributed by atoms with Crippen molar-refractivity contribution in [1.29, 1.82) is 0 Å². The Morgan fingerprint density at radius 2 is 2.09 bits per heavy atom. The number of carbonyl (C=O) groups is 1. The monoisotopic (exact) mass is 357 g/mol. The van der Waals surface area contributed by atoms with Crippen LogP contribution in [0.25, 0.3) is 10.9 Å². The van der Waals surface area contributed by atoms with Gasteiger partial charge < -0.3 is 5.11 Å². The molecule has 0 aliphatic heterocycles. The molecule has 3 rings (SSSR count). The minimum atomic E-state index is -2.55. The Kier molecular flexibility index (Phi) is 4.11. The molecule has 0 amide bonds. The number of thiophene rings is 1. The quantitative estimate of drug-likeness (QED) is 0.681. The zero-order valence-electron chi connectivity index (χ0n) is 11.7. The van der Waals surface area contributed by atoms with Crippen LogP contribution in [0.3, 0.4) is 0 Å². The molecule has 0 spiro atoms. The van der Waals surface area contributed by atoms with E-state index in [4.69, 9.17) is 0 Å². The van der Waals surface area contributed by atoms with Gasteiger partial charge in [-0.2, -0.15) is 8.78 Å². The number of phenolic OH excluding ortho intramolecular Hbond substituents is 1. The highest BCUT2D eigenvalue weighted by Gasteiger charge is 2.20. The Morgan fingerprint density at radius 1 is 1.35 bits per heavy atom. The molecule has 2 heterocycles. The molecule has 120 valence electrons. The summed E-state index contributed by atoms with van der Waals surface area (Å²) in [5.74, 6) is -4.27. The summed E-state index contributed by atoms with van der Waals surface area (Å²) >= 11 is 1.43. The van der Waals surface area contributed by atoms with Crippen molar-refractivity contribution < 1.29 is 23.1 Å². The molecule has 0 fully saturated rings. The second-order valence-corrected chi connectivity index (χ2v) is 6.99. The third-order valence-electron chi connectivity index (χ3n) is 3.31. The molecular formula is C15H10F3NO2S2. The third-order valence-corrected chi connectivity index (χ3v) is 5.14. The average Bonchev–Trinajstić information content (AvgIpc) is 3.06. The molecule has 23 heavy (non-hydrogen) atoms. The Hall–Kier alpha value is -1.93. The standard InChI is InChI=1S/C15H10F3NO2S2/c1-7-4-9-10(2-3-11(20)13(9)16)19(7)14(21)8-5-12(22-6-8)23-15(17)18/h2-6,15,20H,1H3. The van der Waals surface area contributed by atoms with E-state index in [1.54, 1.807) is 6.92 Å². The lowest BCUT2D eigenvalue weighted by Gasteiger charge is -2.05. The van der Waals surface area contributed by atoms with E-state index in [1.807, 2.05) is 0 Å². The number of alkyl halides is 2. The van der Waals surface area contributed by atoms with Crippen LogP contribution in [-0.4, -0.2) is 21.3 Å². The van der Waals surface area contributed by atoms with Crippen molar-refractivity contribution in [3.05, 3.63) is 46.7 Å².